The number of amides is 1. The number of rotatable bonds is 8. The molecule has 82 valence electrons. The van der Waals surface area contributed by atoms with Crippen molar-refractivity contribution in [3.63, 3.8) is 0 Å². The van der Waals surface area contributed by atoms with Crippen LogP contribution in [-0.2, 0) is 4.79 Å². The first kappa shape index (κ1) is 13.2. The largest absolute Gasteiger partial charge is 0.366 e. The summed E-state index contributed by atoms with van der Waals surface area (Å²) in [5.41, 5.74) is 5.80. The molecule has 1 amide bonds. The number of carbonyl (C=O) groups is 1. The van der Waals surface area contributed by atoms with Gasteiger partial charge in [0.15, 0.2) is 0 Å². The SMILES string of the molecule is CCCCCCCCC=C(C)C(N)=O. The lowest BCUT2D eigenvalue weighted by atomic mass is 10.1. The van der Waals surface area contributed by atoms with Gasteiger partial charge < -0.3 is 5.73 Å². The van der Waals surface area contributed by atoms with Gasteiger partial charge in [-0.1, -0.05) is 45.1 Å². The normalized spacial score (nSPS) is 11.7. The van der Waals surface area contributed by atoms with E-state index in [0.717, 1.165) is 6.42 Å². The average Bonchev–Trinajstić information content (AvgIpc) is 2.16. The van der Waals surface area contributed by atoms with Crippen molar-refractivity contribution in [2.45, 2.75) is 58.8 Å². The number of primary amides is 1. The maximum Gasteiger partial charge on any atom is 0.244 e. The van der Waals surface area contributed by atoms with E-state index in [9.17, 15) is 4.79 Å². The number of hydrogen-bond donors (Lipinski definition) is 1. The van der Waals surface area contributed by atoms with Crippen molar-refractivity contribution in [3.8, 4) is 0 Å². The summed E-state index contributed by atoms with van der Waals surface area (Å²) in [7, 11) is 0. The Kier molecular flexibility index (Phi) is 8.30. The molecule has 0 heterocycles. The molecule has 0 aromatic heterocycles. The molecule has 0 aromatic carbocycles. The third kappa shape index (κ3) is 7.84. The van der Waals surface area contributed by atoms with Crippen molar-refractivity contribution >= 4 is 5.91 Å². The van der Waals surface area contributed by atoms with E-state index in [1.54, 1.807) is 6.92 Å². The maximum atomic E-state index is 10.7. The Morgan fingerprint density at radius 2 is 1.71 bits per heavy atom. The van der Waals surface area contributed by atoms with Gasteiger partial charge in [0.05, 0.1) is 0 Å². The molecule has 0 rings (SSSR count). The first-order valence-corrected chi connectivity index (χ1v) is 5.65. The van der Waals surface area contributed by atoms with Crippen molar-refractivity contribution < 1.29 is 4.79 Å². The van der Waals surface area contributed by atoms with Crippen molar-refractivity contribution in [2.75, 3.05) is 0 Å². The van der Waals surface area contributed by atoms with Gasteiger partial charge in [-0.15, -0.1) is 0 Å². The summed E-state index contributed by atoms with van der Waals surface area (Å²) in [5.74, 6) is -0.295. The minimum Gasteiger partial charge on any atom is -0.366 e. The molecule has 0 radical (unpaired) electrons. The predicted molar refractivity (Wildman–Crippen MR) is 60.9 cm³/mol. The van der Waals surface area contributed by atoms with Crippen LogP contribution in [0.5, 0.6) is 0 Å². The zero-order valence-electron chi connectivity index (χ0n) is 9.51. The molecule has 0 saturated carbocycles. The van der Waals surface area contributed by atoms with Gasteiger partial charge in [-0.3, -0.25) is 4.79 Å². The first-order chi connectivity index (χ1) is 6.68. The lowest BCUT2D eigenvalue weighted by molar-refractivity contribution is -0.114. The molecule has 14 heavy (non-hydrogen) atoms. The van der Waals surface area contributed by atoms with Gasteiger partial charge in [-0.05, 0) is 19.8 Å². The van der Waals surface area contributed by atoms with Crippen molar-refractivity contribution in [1.29, 1.82) is 0 Å². The Bertz CT molecular complexity index is 185. The van der Waals surface area contributed by atoms with Crippen molar-refractivity contribution in [1.82, 2.24) is 0 Å². The van der Waals surface area contributed by atoms with Crippen LogP contribution in [0.25, 0.3) is 0 Å². The van der Waals surface area contributed by atoms with Gasteiger partial charge in [0.1, 0.15) is 0 Å². The van der Waals surface area contributed by atoms with Crippen LogP contribution in [0.3, 0.4) is 0 Å². The smallest absolute Gasteiger partial charge is 0.244 e. The van der Waals surface area contributed by atoms with Gasteiger partial charge in [0.25, 0.3) is 0 Å². The molecule has 0 fully saturated rings. The van der Waals surface area contributed by atoms with Crippen molar-refractivity contribution in [2.24, 2.45) is 5.73 Å². The number of allylic oxidation sites excluding steroid dienone is 1. The van der Waals surface area contributed by atoms with Gasteiger partial charge in [-0.2, -0.15) is 0 Å². The van der Waals surface area contributed by atoms with Gasteiger partial charge in [0.2, 0.25) is 5.91 Å². The molecule has 0 saturated heterocycles. The van der Waals surface area contributed by atoms with Crippen LogP contribution in [0.15, 0.2) is 11.6 Å². The van der Waals surface area contributed by atoms with Crippen LogP contribution in [0.4, 0.5) is 0 Å². The van der Waals surface area contributed by atoms with E-state index in [2.05, 4.69) is 6.92 Å². The Morgan fingerprint density at radius 3 is 2.29 bits per heavy atom. The summed E-state index contributed by atoms with van der Waals surface area (Å²) in [5, 5.41) is 0. The molecule has 2 nitrogen and oxygen atoms in total. The molecular formula is C12H23NO. The highest BCUT2D eigenvalue weighted by molar-refractivity contribution is 5.91. The lowest BCUT2D eigenvalue weighted by Crippen LogP contribution is -2.11. The molecule has 0 aliphatic rings. The van der Waals surface area contributed by atoms with Gasteiger partial charge >= 0.3 is 0 Å². The summed E-state index contributed by atoms with van der Waals surface area (Å²) in [4.78, 5) is 10.7. The molecule has 0 bridgehead atoms. The summed E-state index contributed by atoms with van der Waals surface area (Å²) < 4.78 is 0. The predicted octanol–water partition coefficient (Wildman–Crippen LogP) is 3.17. The monoisotopic (exact) mass is 197 g/mol. The standard InChI is InChI=1S/C12H23NO/c1-3-4-5-6-7-8-9-10-11(2)12(13)14/h10H,3-9H2,1-2H3,(H2,13,14). The molecule has 2 heteroatoms. The zero-order chi connectivity index (χ0) is 10.8. The minimum atomic E-state index is -0.295. The van der Waals surface area contributed by atoms with Crippen LogP contribution in [0.1, 0.15) is 58.8 Å². The third-order valence-electron chi connectivity index (χ3n) is 2.40. The van der Waals surface area contributed by atoms with E-state index in [0.29, 0.717) is 5.57 Å². The van der Waals surface area contributed by atoms with E-state index in [1.807, 2.05) is 6.08 Å². The fraction of sp³-hybridized carbons (Fsp3) is 0.750. The number of carbonyl (C=O) groups excluding carboxylic acids is 1. The highest BCUT2D eigenvalue weighted by Gasteiger charge is 1.95. The Hall–Kier alpha value is -0.790. The Balaban J connectivity index is 3.29. The molecule has 0 atom stereocenters. The van der Waals surface area contributed by atoms with E-state index >= 15 is 0 Å². The van der Waals surface area contributed by atoms with Crippen LogP contribution in [0.2, 0.25) is 0 Å². The molecular weight excluding hydrogens is 174 g/mol. The second-order valence-corrected chi connectivity index (χ2v) is 3.81. The van der Waals surface area contributed by atoms with E-state index in [4.69, 9.17) is 5.73 Å². The minimum absolute atomic E-state index is 0.295. The van der Waals surface area contributed by atoms with E-state index in [1.165, 1.54) is 38.5 Å². The topological polar surface area (TPSA) is 43.1 Å². The molecule has 0 aliphatic heterocycles. The third-order valence-corrected chi connectivity index (χ3v) is 2.40. The van der Waals surface area contributed by atoms with Gasteiger partial charge in [0, 0.05) is 5.57 Å². The highest BCUT2D eigenvalue weighted by atomic mass is 16.1. The average molecular weight is 197 g/mol. The molecule has 0 aromatic rings. The van der Waals surface area contributed by atoms with Gasteiger partial charge in [-0.25, -0.2) is 0 Å². The summed E-state index contributed by atoms with van der Waals surface area (Å²) in [6.07, 6.45) is 10.7. The van der Waals surface area contributed by atoms with Crippen LogP contribution in [-0.4, -0.2) is 5.91 Å². The fourth-order valence-electron chi connectivity index (χ4n) is 1.34. The van der Waals surface area contributed by atoms with Crippen LogP contribution >= 0.6 is 0 Å². The fourth-order valence-corrected chi connectivity index (χ4v) is 1.34. The van der Waals surface area contributed by atoms with Crippen LogP contribution < -0.4 is 5.73 Å². The summed E-state index contributed by atoms with van der Waals surface area (Å²) in [6.45, 7) is 4.00. The number of nitrogens with two attached hydrogens (primary N) is 1. The number of unbranched alkanes of at least 4 members (excludes halogenated alkanes) is 6. The molecule has 0 spiro atoms. The maximum absolute atomic E-state index is 10.7. The first-order valence-electron chi connectivity index (χ1n) is 5.65. The molecule has 0 unspecified atom stereocenters. The van der Waals surface area contributed by atoms with Crippen molar-refractivity contribution in [3.05, 3.63) is 11.6 Å². The number of hydrogen-bond acceptors (Lipinski definition) is 1. The van der Waals surface area contributed by atoms with E-state index in [-0.39, 0.29) is 5.91 Å². The van der Waals surface area contributed by atoms with Crippen LogP contribution in [0, 0.1) is 0 Å². The zero-order valence-corrected chi connectivity index (χ0v) is 9.51. The second-order valence-electron chi connectivity index (χ2n) is 3.81. The lowest BCUT2D eigenvalue weighted by Gasteiger charge is -1.98. The second kappa shape index (κ2) is 8.79. The molecule has 2 N–H and O–H groups in total. The molecule has 0 aliphatic carbocycles. The summed E-state index contributed by atoms with van der Waals surface area (Å²) >= 11 is 0. The Labute approximate surface area is 87.6 Å². The Morgan fingerprint density at radius 1 is 1.14 bits per heavy atom. The quantitative estimate of drug-likeness (QED) is 0.471. The summed E-state index contributed by atoms with van der Waals surface area (Å²) in [6, 6.07) is 0. The highest BCUT2D eigenvalue weighted by Crippen LogP contribution is 2.08. The van der Waals surface area contributed by atoms with E-state index < -0.39 is 0 Å².